The number of likely N-dealkylation sites (N-methyl/N-ethyl adjacent to an activating group) is 1. The molecule has 1 aliphatic heterocycles. The Bertz CT molecular complexity index is 258. The Hall–Kier alpha value is -0.0800. The van der Waals surface area contributed by atoms with E-state index in [0.717, 1.165) is 0 Å². The van der Waals surface area contributed by atoms with Crippen LogP contribution in [0.25, 0.3) is 0 Å². The zero-order valence-electron chi connectivity index (χ0n) is 16.0. The average Bonchev–Trinajstić information content (AvgIpc) is 2.55. The van der Waals surface area contributed by atoms with Gasteiger partial charge in [0.1, 0.15) is 0 Å². The standard InChI is InChI=1S/C20H42N2/c1-5-8-10-11-13-15-20(4,14-12-9-6-2)22-18-16-21(7-3)17-19-22/h5-19H2,1-4H3. The number of hydrogen-bond acceptors (Lipinski definition) is 2. The molecule has 1 heterocycles. The fourth-order valence-electron chi connectivity index (χ4n) is 3.91. The lowest BCUT2D eigenvalue weighted by Gasteiger charge is -2.46. The van der Waals surface area contributed by atoms with E-state index >= 15 is 0 Å². The molecule has 0 amide bonds. The van der Waals surface area contributed by atoms with E-state index in [1.165, 1.54) is 96.9 Å². The number of piperazine rings is 1. The Kier molecular flexibility index (Phi) is 10.4. The first-order valence-electron chi connectivity index (χ1n) is 10.1. The summed E-state index contributed by atoms with van der Waals surface area (Å²) >= 11 is 0. The van der Waals surface area contributed by atoms with Crippen molar-refractivity contribution in [3.05, 3.63) is 0 Å². The minimum absolute atomic E-state index is 0.460. The number of hydrogen-bond donors (Lipinski definition) is 0. The van der Waals surface area contributed by atoms with Crippen LogP contribution in [0.3, 0.4) is 0 Å². The summed E-state index contributed by atoms with van der Waals surface area (Å²) in [6, 6.07) is 0. The largest absolute Gasteiger partial charge is 0.301 e. The lowest BCUT2D eigenvalue weighted by Crippen LogP contribution is -2.55. The Morgan fingerprint density at radius 3 is 1.73 bits per heavy atom. The average molecular weight is 311 g/mol. The van der Waals surface area contributed by atoms with Crippen LogP contribution >= 0.6 is 0 Å². The lowest BCUT2D eigenvalue weighted by atomic mass is 9.86. The molecule has 132 valence electrons. The molecule has 1 rings (SSSR count). The third-order valence-corrected chi connectivity index (χ3v) is 5.72. The fraction of sp³-hybridized carbons (Fsp3) is 1.00. The molecule has 1 saturated heterocycles. The maximum atomic E-state index is 2.83. The Morgan fingerprint density at radius 2 is 1.18 bits per heavy atom. The molecule has 0 aromatic heterocycles. The monoisotopic (exact) mass is 310 g/mol. The van der Waals surface area contributed by atoms with Crippen molar-refractivity contribution in [2.45, 2.75) is 97.4 Å². The van der Waals surface area contributed by atoms with Crippen LogP contribution in [0.2, 0.25) is 0 Å². The maximum Gasteiger partial charge on any atom is 0.0182 e. The van der Waals surface area contributed by atoms with Crippen molar-refractivity contribution >= 4 is 0 Å². The van der Waals surface area contributed by atoms with Crippen molar-refractivity contribution in [2.24, 2.45) is 0 Å². The molecule has 1 unspecified atom stereocenters. The SMILES string of the molecule is CCCCCCCC(C)(CCCCC)N1CCN(CC)CC1. The molecule has 0 aromatic carbocycles. The molecule has 0 N–H and O–H groups in total. The second-order valence-corrected chi connectivity index (χ2v) is 7.54. The molecule has 0 aromatic rings. The Labute approximate surface area is 140 Å². The second-order valence-electron chi connectivity index (χ2n) is 7.54. The number of unbranched alkanes of at least 4 members (excludes halogenated alkanes) is 6. The van der Waals surface area contributed by atoms with Crippen molar-refractivity contribution in [3.8, 4) is 0 Å². The summed E-state index contributed by atoms with van der Waals surface area (Å²) in [5, 5.41) is 0. The normalized spacial score (nSPS) is 20.2. The molecule has 0 aliphatic carbocycles. The van der Waals surface area contributed by atoms with Crippen LogP contribution in [0.5, 0.6) is 0 Å². The van der Waals surface area contributed by atoms with Gasteiger partial charge in [-0.15, -0.1) is 0 Å². The van der Waals surface area contributed by atoms with Gasteiger partial charge >= 0.3 is 0 Å². The Morgan fingerprint density at radius 1 is 0.682 bits per heavy atom. The van der Waals surface area contributed by atoms with Gasteiger partial charge in [0.2, 0.25) is 0 Å². The predicted octanol–water partition coefficient (Wildman–Crippen LogP) is 5.32. The van der Waals surface area contributed by atoms with Gasteiger partial charge in [0.25, 0.3) is 0 Å². The second kappa shape index (κ2) is 11.5. The van der Waals surface area contributed by atoms with Crippen LogP contribution in [-0.2, 0) is 0 Å². The van der Waals surface area contributed by atoms with E-state index in [9.17, 15) is 0 Å². The maximum absolute atomic E-state index is 2.83. The quantitative estimate of drug-likeness (QED) is 0.450. The summed E-state index contributed by atoms with van der Waals surface area (Å²) in [7, 11) is 0. The molecule has 0 saturated carbocycles. The van der Waals surface area contributed by atoms with Gasteiger partial charge in [-0.1, -0.05) is 72.1 Å². The first-order valence-corrected chi connectivity index (χ1v) is 10.1. The molecule has 0 spiro atoms. The summed E-state index contributed by atoms with van der Waals surface area (Å²) in [6.07, 6.45) is 14.0. The number of rotatable bonds is 12. The van der Waals surface area contributed by atoms with E-state index in [1.807, 2.05) is 0 Å². The molecule has 22 heavy (non-hydrogen) atoms. The first kappa shape index (κ1) is 20.0. The van der Waals surface area contributed by atoms with E-state index < -0.39 is 0 Å². The summed E-state index contributed by atoms with van der Waals surface area (Å²) in [6.45, 7) is 15.8. The Balaban J connectivity index is 2.46. The van der Waals surface area contributed by atoms with Crippen molar-refractivity contribution < 1.29 is 0 Å². The van der Waals surface area contributed by atoms with Crippen molar-refractivity contribution in [1.82, 2.24) is 9.80 Å². The third kappa shape index (κ3) is 7.00. The summed E-state index contributed by atoms with van der Waals surface area (Å²) < 4.78 is 0. The highest BCUT2D eigenvalue weighted by molar-refractivity contribution is 4.89. The first-order chi connectivity index (χ1) is 10.7. The molecule has 2 nitrogen and oxygen atoms in total. The van der Waals surface area contributed by atoms with E-state index in [1.54, 1.807) is 0 Å². The van der Waals surface area contributed by atoms with Crippen molar-refractivity contribution in [2.75, 3.05) is 32.7 Å². The van der Waals surface area contributed by atoms with Gasteiger partial charge in [-0.25, -0.2) is 0 Å². The zero-order chi connectivity index (χ0) is 16.3. The van der Waals surface area contributed by atoms with Crippen LogP contribution in [0.15, 0.2) is 0 Å². The summed E-state index contributed by atoms with van der Waals surface area (Å²) in [5.74, 6) is 0. The van der Waals surface area contributed by atoms with Crippen LogP contribution in [-0.4, -0.2) is 48.1 Å². The molecular formula is C20H42N2. The highest BCUT2D eigenvalue weighted by Gasteiger charge is 2.32. The molecule has 0 radical (unpaired) electrons. The zero-order valence-corrected chi connectivity index (χ0v) is 16.0. The lowest BCUT2D eigenvalue weighted by molar-refractivity contribution is 0.0296. The molecule has 1 atom stereocenters. The molecule has 1 fully saturated rings. The summed E-state index contributed by atoms with van der Waals surface area (Å²) in [4.78, 5) is 5.43. The minimum Gasteiger partial charge on any atom is -0.301 e. The van der Waals surface area contributed by atoms with Gasteiger partial charge in [-0.2, -0.15) is 0 Å². The van der Waals surface area contributed by atoms with Gasteiger partial charge < -0.3 is 4.90 Å². The van der Waals surface area contributed by atoms with Crippen LogP contribution < -0.4 is 0 Å². The smallest absolute Gasteiger partial charge is 0.0182 e. The fourth-order valence-corrected chi connectivity index (χ4v) is 3.91. The van der Waals surface area contributed by atoms with Crippen LogP contribution in [0.4, 0.5) is 0 Å². The van der Waals surface area contributed by atoms with Gasteiger partial charge in [0.15, 0.2) is 0 Å². The predicted molar refractivity (Wildman–Crippen MR) is 99.6 cm³/mol. The van der Waals surface area contributed by atoms with E-state index in [2.05, 4.69) is 37.5 Å². The van der Waals surface area contributed by atoms with Crippen molar-refractivity contribution in [3.63, 3.8) is 0 Å². The molecule has 0 bridgehead atoms. The molecule has 2 heteroatoms. The van der Waals surface area contributed by atoms with Gasteiger partial charge in [0, 0.05) is 31.7 Å². The highest BCUT2D eigenvalue weighted by atomic mass is 15.3. The van der Waals surface area contributed by atoms with Gasteiger partial charge in [-0.3, -0.25) is 4.90 Å². The number of nitrogens with zero attached hydrogens (tertiary/aromatic N) is 2. The highest BCUT2D eigenvalue weighted by Crippen LogP contribution is 2.30. The van der Waals surface area contributed by atoms with Gasteiger partial charge in [0.05, 0.1) is 0 Å². The van der Waals surface area contributed by atoms with E-state index in [0.29, 0.717) is 5.54 Å². The van der Waals surface area contributed by atoms with E-state index in [4.69, 9.17) is 0 Å². The summed E-state index contributed by atoms with van der Waals surface area (Å²) in [5.41, 5.74) is 0.460. The van der Waals surface area contributed by atoms with Gasteiger partial charge in [-0.05, 0) is 26.3 Å². The molecular weight excluding hydrogens is 268 g/mol. The molecule has 1 aliphatic rings. The minimum atomic E-state index is 0.460. The van der Waals surface area contributed by atoms with Crippen LogP contribution in [0.1, 0.15) is 91.9 Å². The topological polar surface area (TPSA) is 6.48 Å². The van der Waals surface area contributed by atoms with Crippen LogP contribution in [0, 0.1) is 0 Å². The van der Waals surface area contributed by atoms with E-state index in [-0.39, 0.29) is 0 Å². The van der Waals surface area contributed by atoms with Crippen molar-refractivity contribution in [1.29, 1.82) is 0 Å². The third-order valence-electron chi connectivity index (χ3n) is 5.72.